The summed E-state index contributed by atoms with van der Waals surface area (Å²) in [5, 5.41) is 0.531. The molecule has 0 fully saturated rings. The van der Waals surface area contributed by atoms with Crippen LogP contribution in [-0.2, 0) is 9.63 Å². The zero-order valence-electron chi connectivity index (χ0n) is 17.7. The van der Waals surface area contributed by atoms with E-state index >= 15 is 0 Å². The molecule has 3 aromatic rings. The molecule has 0 bridgehead atoms. The Balaban J connectivity index is 1.81. The van der Waals surface area contributed by atoms with Crippen LogP contribution in [0.25, 0.3) is 11.3 Å². The number of benzene rings is 2. The van der Waals surface area contributed by atoms with Crippen molar-refractivity contribution in [2.75, 3.05) is 12.1 Å². The van der Waals surface area contributed by atoms with Crippen LogP contribution >= 0.6 is 11.8 Å². The number of hydroxylamine groups is 1. The minimum atomic E-state index is -5.26. The minimum absolute atomic E-state index is 0.104. The van der Waals surface area contributed by atoms with Crippen molar-refractivity contribution in [3.63, 3.8) is 0 Å². The summed E-state index contributed by atoms with van der Waals surface area (Å²) in [7, 11) is 1.45. The summed E-state index contributed by atoms with van der Waals surface area (Å²) in [4.78, 5) is 23.1. The number of carbonyl (C=O) groups excluding carboxylic acids is 1. The van der Waals surface area contributed by atoms with Crippen LogP contribution in [0, 0.1) is 5.82 Å². The Labute approximate surface area is 196 Å². The molecule has 178 valence electrons. The number of hydrogen-bond acceptors (Lipinski definition) is 8. The van der Waals surface area contributed by atoms with Gasteiger partial charge in [0, 0.05) is 20.9 Å². The van der Waals surface area contributed by atoms with E-state index in [2.05, 4.69) is 9.82 Å². The third kappa shape index (κ3) is 4.57. The van der Waals surface area contributed by atoms with E-state index in [9.17, 15) is 22.4 Å². The molecule has 0 spiro atoms. The summed E-state index contributed by atoms with van der Waals surface area (Å²) < 4.78 is 53.6. The van der Waals surface area contributed by atoms with Crippen LogP contribution in [0.3, 0.4) is 0 Å². The van der Waals surface area contributed by atoms with Crippen LogP contribution in [0.1, 0.15) is 11.7 Å². The highest BCUT2D eigenvalue weighted by Gasteiger charge is 2.46. The molecular weight excluding hydrogens is 474 g/mol. The number of aromatic nitrogens is 1. The summed E-state index contributed by atoms with van der Waals surface area (Å²) in [6, 6.07) is 16.7. The molecule has 1 aliphatic heterocycles. The molecular formula is C22H19F4N5O2S. The zero-order valence-corrected chi connectivity index (χ0v) is 18.5. The summed E-state index contributed by atoms with van der Waals surface area (Å²) in [5.41, 5.74) is 12.6. The molecule has 0 aliphatic carbocycles. The molecule has 0 saturated heterocycles. The monoisotopic (exact) mass is 493 g/mol. The van der Waals surface area contributed by atoms with Crippen molar-refractivity contribution >= 4 is 23.5 Å². The van der Waals surface area contributed by atoms with Crippen LogP contribution in [-0.4, -0.2) is 35.4 Å². The third-order valence-electron chi connectivity index (χ3n) is 5.14. The van der Waals surface area contributed by atoms with E-state index in [0.717, 1.165) is 4.90 Å². The van der Waals surface area contributed by atoms with E-state index in [0.29, 0.717) is 9.96 Å². The van der Waals surface area contributed by atoms with Crippen LogP contribution in [0.4, 0.5) is 23.4 Å². The second-order valence-electron chi connectivity index (χ2n) is 7.36. The van der Waals surface area contributed by atoms with Crippen LogP contribution < -0.4 is 16.5 Å². The molecule has 2 atom stereocenters. The molecule has 0 radical (unpaired) electrons. The summed E-state index contributed by atoms with van der Waals surface area (Å²) in [5.74, 6) is -3.28. The van der Waals surface area contributed by atoms with Crippen LogP contribution in [0.5, 0.6) is 0 Å². The lowest BCUT2D eigenvalue weighted by atomic mass is 10.1. The Kier molecular flexibility index (Phi) is 6.49. The first kappa shape index (κ1) is 24.0. The molecule has 2 aromatic carbocycles. The Hall–Kier alpha value is -3.19. The van der Waals surface area contributed by atoms with Crippen molar-refractivity contribution in [3.8, 4) is 11.3 Å². The van der Waals surface area contributed by atoms with Gasteiger partial charge in [0.05, 0.1) is 11.9 Å². The second kappa shape index (κ2) is 9.22. The number of anilines is 1. The average molecular weight is 493 g/mol. The predicted octanol–water partition coefficient (Wildman–Crippen LogP) is 4.01. The number of halogens is 4. The number of hydrogen-bond donors (Lipinski definition) is 2. The highest BCUT2D eigenvalue weighted by Crippen LogP contribution is 2.40. The molecule has 2 unspecified atom stereocenters. The van der Waals surface area contributed by atoms with E-state index < -0.39 is 30.4 Å². The maximum absolute atomic E-state index is 15.0. The Morgan fingerprint density at radius 2 is 1.76 bits per heavy atom. The van der Waals surface area contributed by atoms with E-state index in [4.69, 9.17) is 11.5 Å². The molecule has 2 heterocycles. The fraction of sp³-hybridized carbons (Fsp3) is 0.182. The van der Waals surface area contributed by atoms with E-state index in [-0.39, 0.29) is 22.6 Å². The van der Waals surface area contributed by atoms with Gasteiger partial charge in [0.1, 0.15) is 5.82 Å². The molecule has 4 N–H and O–H groups in total. The Morgan fingerprint density at radius 1 is 1.06 bits per heavy atom. The van der Waals surface area contributed by atoms with Crippen LogP contribution in [0.2, 0.25) is 0 Å². The lowest BCUT2D eigenvalue weighted by Gasteiger charge is -2.42. The van der Waals surface area contributed by atoms with Gasteiger partial charge in [-0.05, 0) is 37.4 Å². The standard InChI is InChI=1S/C22H19F4N5O2S/c1-30-18(27)13-10-11-15(29-19(13)31(21(30)28)33-20(32)22(24,25)26)17-14(23)8-5-9-16(17)34-12-6-3-2-4-7-12/h2-11,18,21H,27-28H2,1H3. The normalized spacial score (nSPS) is 18.5. The number of carbonyl (C=O) groups is 1. The largest absolute Gasteiger partial charge is 0.493 e. The Morgan fingerprint density at radius 3 is 2.44 bits per heavy atom. The van der Waals surface area contributed by atoms with Gasteiger partial charge in [-0.3, -0.25) is 10.6 Å². The predicted molar refractivity (Wildman–Crippen MR) is 117 cm³/mol. The highest BCUT2D eigenvalue weighted by atomic mass is 32.2. The SMILES string of the molecule is CN1C(N)c2ccc(-c3c(F)cccc3Sc3ccccc3)nc2N(OC(=O)C(F)(F)F)C1N. The number of pyridine rings is 1. The van der Waals surface area contributed by atoms with Gasteiger partial charge >= 0.3 is 12.1 Å². The average Bonchev–Trinajstić information content (AvgIpc) is 2.80. The number of fused-ring (bicyclic) bond motifs is 1. The molecule has 0 saturated carbocycles. The third-order valence-corrected chi connectivity index (χ3v) is 6.21. The van der Waals surface area contributed by atoms with Gasteiger partial charge in [0.25, 0.3) is 0 Å². The molecule has 12 heteroatoms. The maximum atomic E-state index is 15.0. The van der Waals surface area contributed by atoms with Crippen molar-refractivity contribution in [1.82, 2.24) is 9.88 Å². The van der Waals surface area contributed by atoms with Gasteiger partial charge in [0.2, 0.25) is 0 Å². The smallest absolute Gasteiger partial charge is 0.328 e. The van der Waals surface area contributed by atoms with Crippen molar-refractivity contribution in [2.45, 2.75) is 28.4 Å². The molecule has 4 rings (SSSR count). The van der Waals surface area contributed by atoms with Crippen molar-refractivity contribution in [1.29, 1.82) is 0 Å². The molecule has 1 aliphatic rings. The lowest BCUT2D eigenvalue weighted by Crippen LogP contribution is -2.60. The van der Waals surface area contributed by atoms with Crippen molar-refractivity contribution in [3.05, 3.63) is 72.0 Å². The molecule has 1 aromatic heterocycles. The minimum Gasteiger partial charge on any atom is -0.328 e. The number of nitrogens with two attached hydrogens (primary N) is 2. The highest BCUT2D eigenvalue weighted by molar-refractivity contribution is 7.99. The summed E-state index contributed by atoms with van der Waals surface area (Å²) >= 11 is 1.29. The number of nitrogens with zero attached hydrogens (tertiary/aromatic N) is 3. The molecule has 34 heavy (non-hydrogen) atoms. The topological polar surface area (TPSA) is 97.7 Å². The van der Waals surface area contributed by atoms with Gasteiger partial charge in [-0.1, -0.05) is 42.1 Å². The first-order chi connectivity index (χ1) is 16.1. The number of alkyl halides is 3. The van der Waals surface area contributed by atoms with Gasteiger partial charge in [-0.25, -0.2) is 14.2 Å². The quantitative estimate of drug-likeness (QED) is 0.527. The maximum Gasteiger partial charge on any atom is 0.493 e. The zero-order chi connectivity index (χ0) is 24.6. The molecule has 0 amide bonds. The fourth-order valence-corrected chi connectivity index (χ4v) is 4.37. The summed E-state index contributed by atoms with van der Waals surface area (Å²) in [6.45, 7) is 0. The van der Waals surface area contributed by atoms with Gasteiger partial charge < -0.3 is 10.6 Å². The lowest BCUT2D eigenvalue weighted by molar-refractivity contribution is -0.204. The van der Waals surface area contributed by atoms with E-state index in [1.54, 1.807) is 12.1 Å². The van der Waals surface area contributed by atoms with Gasteiger partial charge in [0.15, 0.2) is 12.1 Å². The van der Waals surface area contributed by atoms with Crippen molar-refractivity contribution in [2.24, 2.45) is 11.5 Å². The van der Waals surface area contributed by atoms with Gasteiger partial charge in [-0.15, -0.1) is 0 Å². The molecule has 7 nitrogen and oxygen atoms in total. The van der Waals surface area contributed by atoms with E-state index in [1.165, 1.54) is 41.9 Å². The van der Waals surface area contributed by atoms with Crippen molar-refractivity contribution < 1.29 is 27.2 Å². The first-order valence-corrected chi connectivity index (χ1v) is 10.7. The fourth-order valence-electron chi connectivity index (χ4n) is 3.37. The second-order valence-corrected chi connectivity index (χ2v) is 8.48. The summed E-state index contributed by atoms with van der Waals surface area (Å²) in [6.07, 6.45) is -7.48. The number of rotatable bonds is 4. The van der Waals surface area contributed by atoms with E-state index in [1.807, 2.05) is 30.3 Å². The van der Waals surface area contributed by atoms with Crippen LogP contribution in [0.15, 0.2) is 70.5 Å². The first-order valence-electron chi connectivity index (χ1n) is 9.92. The Bertz CT molecular complexity index is 1210. The van der Waals surface area contributed by atoms with Gasteiger partial charge in [-0.2, -0.15) is 18.2 Å².